The number of rotatable bonds is 2. The van der Waals surface area contributed by atoms with Gasteiger partial charge in [-0.15, -0.1) is 0 Å². The van der Waals surface area contributed by atoms with Crippen molar-refractivity contribution in [1.29, 1.82) is 0 Å². The van der Waals surface area contributed by atoms with Gasteiger partial charge in [-0.1, -0.05) is 24.6 Å². The van der Waals surface area contributed by atoms with Crippen LogP contribution in [0.25, 0.3) is 10.9 Å². The Morgan fingerprint density at radius 2 is 1.90 bits per heavy atom. The van der Waals surface area contributed by atoms with E-state index < -0.39 is 0 Å². The third-order valence-electron chi connectivity index (χ3n) is 3.52. The second kappa shape index (κ2) is 6.32. The highest BCUT2D eigenvalue weighted by Crippen LogP contribution is 2.19. The zero-order valence-electron chi connectivity index (χ0n) is 11.6. The molecule has 0 unspecified atom stereocenters. The van der Waals surface area contributed by atoms with Crippen molar-refractivity contribution in [2.75, 3.05) is 13.1 Å². The van der Waals surface area contributed by atoms with Crippen molar-refractivity contribution in [3.63, 3.8) is 0 Å². The van der Waals surface area contributed by atoms with Gasteiger partial charge in [0.15, 0.2) is 0 Å². The van der Waals surface area contributed by atoms with E-state index in [4.69, 9.17) is 0 Å². The van der Waals surface area contributed by atoms with Crippen molar-refractivity contribution in [2.45, 2.75) is 19.3 Å². The first-order valence-corrected chi connectivity index (χ1v) is 7.86. The molecule has 1 aliphatic rings. The summed E-state index contributed by atoms with van der Waals surface area (Å²) in [4.78, 5) is 27.0. The van der Waals surface area contributed by atoms with Gasteiger partial charge in [0.1, 0.15) is 5.69 Å². The van der Waals surface area contributed by atoms with Crippen molar-refractivity contribution in [3.8, 4) is 0 Å². The summed E-state index contributed by atoms with van der Waals surface area (Å²) >= 11 is 1.10. The standard InChI is InChI=1S/C15H17N3O2S/c19-14(13-10-11-6-2-3-7-12(11)16-13)17-15(20)21-18-8-4-1-5-9-18/h2-3,6-7,10,16H,1,4-5,8-9H2,(H,17,19,20). The number of hydrogen-bond donors (Lipinski definition) is 2. The Bertz CT molecular complexity index is 629. The molecule has 5 nitrogen and oxygen atoms in total. The van der Waals surface area contributed by atoms with Crippen molar-refractivity contribution in [3.05, 3.63) is 36.0 Å². The lowest BCUT2D eigenvalue weighted by Gasteiger charge is -2.23. The van der Waals surface area contributed by atoms with Gasteiger partial charge >= 0.3 is 5.24 Å². The number of amides is 2. The van der Waals surface area contributed by atoms with E-state index in [-0.39, 0.29) is 11.1 Å². The van der Waals surface area contributed by atoms with Crippen molar-refractivity contribution in [1.82, 2.24) is 14.6 Å². The molecule has 0 saturated carbocycles. The lowest BCUT2D eigenvalue weighted by Crippen LogP contribution is -2.32. The Hall–Kier alpha value is -1.79. The molecule has 1 fully saturated rings. The van der Waals surface area contributed by atoms with Crippen LogP contribution in [0.15, 0.2) is 30.3 Å². The molecule has 0 bridgehead atoms. The van der Waals surface area contributed by atoms with Gasteiger partial charge in [-0.3, -0.25) is 14.9 Å². The van der Waals surface area contributed by atoms with E-state index in [1.807, 2.05) is 28.6 Å². The number of piperidine rings is 1. The largest absolute Gasteiger partial charge is 0.351 e. The zero-order valence-corrected chi connectivity index (χ0v) is 12.4. The van der Waals surface area contributed by atoms with Crippen molar-refractivity contribution < 1.29 is 9.59 Å². The Balaban J connectivity index is 1.61. The molecule has 0 aliphatic carbocycles. The van der Waals surface area contributed by atoms with Gasteiger partial charge in [0.25, 0.3) is 5.91 Å². The topological polar surface area (TPSA) is 65.2 Å². The van der Waals surface area contributed by atoms with E-state index in [0.29, 0.717) is 5.69 Å². The smallest absolute Gasteiger partial charge is 0.301 e. The van der Waals surface area contributed by atoms with Gasteiger partial charge in [-0.05, 0) is 25.0 Å². The maximum absolute atomic E-state index is 12.1. The minimum atomic E-state index is -0.388. The van der Waals surface area contributed by atoms with Crippen LogP contribution in [0, 0.1) is 0 Å². The van der Waals surface area contributed by atoms with Crippen LogP contribution in [0.3, 0.4) is 0 Å². The van der Waals surface area contributed by atoms with Crippen LogP contribution < -0.4 is 5.32 Å². The average molecular weight is 303 g/mol. The monoisotopic (exact) mass is 303 g/mol. The van der Waals surface area contributed by atoms with E-state index in [1.165, 1.54) is 6.42 Å². The van der Waals surface area contributed by atoms with Crippen molar-refractivity contribution in [2.24, 2.45) is 0 Å². The highest BCUT2D eigenvalue weighted by atomic mass is 32.2. The highest BCUT2D eigenvalue weighted by Gasteiger charge is 2.18. The second-order valence-corrected chi connectivity index (χ2v) is 6.16. The number of carbonyl (C=O) groups excluding carboxylic acids is 2. The van der Waals surface area contributed by atoms with Crippen molar-refractivity contribution >= 4 is 34.0 Å². The number of H-pyrrole nitrogens is 1. The summed E-state index contributed by atoms with van der Waals surface area (Å²) in [6.07, 6.45) is 3.43. The summed E-state index contributed by atoms with van der Waals surface area (Å²) in [5, 5.41) is 3.05. The number of imide groups is 1. The Labute approximate surface area is 127 Å². The van der Waals surface area contributed by atoms with Crippen LogP contribution in [0.5, 0.6) is 0 Å². The van der Waals surface area contributed by atoms with Crippen LogP contribution in [0.2, 0.25) is 0 Å². The maximum atomic E-state index is 12.1. The third kappa shape index (κ3) is 3.46. The molecule has 1 saturated heterocycles. The molecule has 110 valence electrons. The summed E-state index contributed by atoms with van der Waals surface area (Å²) in [5.74, 6) is -0.388. The minimum absolute atomic E-state index is 0.319. The first-order valence-electron chi connectivity index (χ1n) is 7.08. The number of benzene rings is 1. The van der Waals surface area contributed by atoms with Gasteiger partial charge in [0.05, 0.1) is 0 Å². The van der Waals surface area contributed by atoms with Crippen LogP contribution in [-0.4, -0.2) is 33.5 Å². The third-order valence-corrected chi connectivity index (χ3v) is 4.41. The molecular weight excluding hydrogens is 286 g/mol. The molecule has 2 heterocycles. The van der Waals surface area contributed by atoms with Crippen LogP contribution in [-0.2, 0) is 0 Å². The fraction of sp³-hybridized carbons (Fsp3) is 0.333. The highest BCUT2D eigenvalue weighted by molar-refractivity contribution is 8.11. The number of aromatic nitrogens is 1. The molecule has 2 N–H and O–H groups in total. The molecule has 2 amide bonds. The molecule has 6 heteroatoms. The minimum Gasteiger partial charge on any atom is -0.351 e. The molecular formula is C15H17N3O2S. The van der Waals surface area contributed by atoms with E-state index >= 15 is 0 Å². The number of aromatic amines is 1. The number of carbonyl (C=O) groups is 2. The normalized spacial score (nSPS) is 16.0. The van der Waals surface area contributed by atoms with E-state index in [2.05, 4.69) is 10.3 Å². The molecule has 21 heavy (non-hydrogen) atoms. The van der Waals surface area contributed by atoms with Crippen LogP contribution >= 0.6 is 11.9 Å². The fourth-order valence-corrected chi connectivity index (χ4v) is 3.27. The number of fused-ring (bicyclic) bond motifs is 1. The van der Waals surface area contributed by atoms with Gasteiger partial charge in [-0.2, -0.15) is 0 Å². The summed E-state index contributed by atoms with van der Waals surface area (Å²) in [6, 6.07) is 9.39. The molecule has 1 aromatic carbocycles. The predicted molar refractivity (Wildman–Crippen MR) is 84.2 cm³/mol. The maximum Gasteiger partial charge on any atom is 0.301 e. The van der Waals surface area contributed by atoms with Crippen LogP contribution in [0.4, 0.5) is 4.79 Å². The van der Waals surface area contributed by atoms with Gasteiger partial charge in [-0.25, -0.2) is 4.31 Å². The summed E-state index contributed by atoms with van der Waals surface area (Å²) in [5.41, 5.74) is 1.29. The number of nitrogens with one attached hydrogen (secondary N) is 2. The Morgan fingerprint density at radius 1 is 1.14 bits per heavy atom. The van der Waals surface area contributed by atoms with E-state index in [9.17, 15) is 9.59 Å². The first-order chi connectivity index (χ1) is 10.2. The van der Waals surface area contributed by atoms with E-state index in [1.54, 1.807) is 6.07 Å². The van der Waals surface area contributed by atoms with Gasteiger partial charge in [0, 0.05) is 35.9 Å². The molecule has 2 aromatic rings. The zero-order chi connectivity index (χ0) is 14.7. The number of para-hydroxylation sites is 1. The molecule has 0 atom stereocenters. The Morgan fingerprint density at radius 3 is 2.67 bits per heavy atom. The lowest BCUT2D eigenvalue weighted by molar-refractivity contribution is 0.0965. The van der Waals surface area contributed by atoms with Gasteiger partial charge < -0.3 is 4.98 Å². The molecule has 1 aliphatic heterocycles. The molecule has 1 aromatic heterocycles. The molecule has 0 spiro atoms. The second-order valence-electron chi connectivity index (χ2n) is 5.09. The lowest BCUT2D eigenvalue weighted by atomic mass is 10.2. The SMILES string of the molecule is O=C(NC(=O)c1cc2ccccc2[nH]1)SN1CCCCC1. The Kier molecular flexibility index (Phi) is 4.26. The van der Waals surface area contributed by atoms with E-state index in [0.717, 1.165) is 48.8 Å². The summed E-state index contributed by atoms with van der Waals surface area (Å²) in [7, 11) is 0. The summed E-state index contributed by atoms with van der Waals surface area (Å²) in [6.45, 7) is 1.80. The first kappa shape index (κ1) is 14.2. The predicted octanol–water partition coefficient (Wildman–Crippen LogP) is 3.15. The number of hydrogen-bond acceptors (Lipinski definition) is 4. The van der Waals surface area contributed by atoms with Gasteiger partial charge in [0.2, 0.25) is 0 Å². The molecule has 3 rings (SSSR count). The van der Waals surface area contributed by atoms with Crippen LogP contribution in [0.1, 0.15) is 29.8 Å². The average Bonchev–Trinajstić information content (AvgIpc) is 2.92. The number of nitrogens with zero attached hydrogens (tertiary/aromatic N) is 1. The fourth-order valence-electron chi connectivity index (χ4n) is 2.45. The molecule has 0 radical (unpaired) electrons. The summed E-state index contributed by atoms with van der Waals surface area (Å²) < 4.78 is 2.01. The quantitative estimate of drug-likeness (QED) is 0.836.